The summed E-state index contributed by atoms with van der Waals surface area (Å²) in [6.07, 6.45) is 52.4. The SMILES string of the molecule is CC/C=C\C/C=C\C/C=C\CC(=O)OCC(COC(=O)CCCCCCCCC/C=C\CCCCCCCC)OC(=O)CCCCCCC/C=C\CCCC. The van der Waals surface area contributed by atoms with Gasteiger partial charge < -0.3 is 14.2 Å². The van der Waals surface area contributed by atoms with Gasteiger partial charge in [-0.25, -0.2) is 0 Å². The minimum Gasteiger partial charge on any atom is -0.462 e. The lowest BCUT2D eigenvalue weighted by Gasteiger charge is -2.18. The van der Waals surface area contributed by atoms with Crippen LogP contribution in [0.15, 0.2) is 60.8 Å². The predicted octanol–water partition coefficient (Wildman–Crippen LogP) is 14.5. The molecule has 55 heavy (non-hydrogen) atoms. The summed E-state index contributed by atoms with van der Waals surface area (Å²) in [6.45, 7) is 6.35. The molecule has 0 aliphatic rings. The van der Waals surface area contributed by atoms with Crippen LogP contribution in [0.1, 0.15) is 213 Å². The summed E-state index contributed by atoms with van der Waals surface area (Å²) >= 11 is 0. The summed E-state index contributed by atoms with van der Waals surface area (Å²) in [6, 6.07) is 0. The summed E-state index contributed by atoms with van der Waals surface area (Å²) in [5.41, 5.74) is 0. The lowest BCUT2D eigenvalue weighted by molar-refractivity contribution is -0.166. The van der Waals surface area contributed by atoms with Crippen molar-refractivity contribution in [1.82, 2.24) is 0 Å². The highest BCUT2D eigenvalue weighted by atomic mass is 16.6. The second-order valence-electron chi connectivity index (χ2n) is 14.9. The Kier molecular flexibility index (Phi) is 41.5. The maximum absolute atomic E-state index is 12.7. The van der Waals surface area contributed by atoms with Crippen LogP contribution in [-0.2, 0) is 28.6 Å². The van der Waals surface area contributed by atoms with Crippen LogP contribution in [0.2, 0.25) is 0 Å². The van der Waals surface area contributed by atoms with Gasteiger partial charge in [0.05, 0.1) is 6.42 Å². The average molecular weight is 769 g/mol. The molecule has 0 aromatic heterocycles. The number of ether oxygens (including phenoxy) is 3. The first kappa shape index (κ1) is 52.1. The Labute approximate surface area is 339 Å². The summed E-state index contributed by atoms with van der Waals surface area (Å²) in [7, 11) is 0. The summed E-state index contributed by atoms with van der Waals surface area (Å²) in [5.74, 6) is -1.05. The van der Waals surface area contributed by atoms with E-state index in [0.29, 0.717) is 12.8 Å². The lowest BCUT2D eigenvalue weighted by atomic mass is 10.1. The monoisotopic (exact) mass is 769 g/mol. The van der Waals surface area contributed by atoms with E-state index in [1.165, 1.54) is 103 Å². The molecule has 0 N–H and O–H groups in total. The number of unbranched alkanes of at least 4 members (excludes halogenated alkanes) is 20. The highest BCUT2D eigenvalue weighted by molar-refractivity contribution is 5.72. The molecule has 0 rings (SSSR count). The zero-order valence-corrected chi connectivity index (χ0v) is 35.9. The molecule has 316 valence electrons. The van der Waals surface area contributed by atoms with Crippen LogP contribution in [0.25, 0.3) is 0 Å². The molecule has 0 saturated carbocycles. The standard InChI is InChI=1S/C49H84O6/c1-4-7-10-13-16-19-21-22-23-24-25-26-28-30-33-36-39-42-48(51)54-45-46(44-53-47(50)41-38-35-32-29-18-15-12-9-6-3)55-49(52)43-40-37-34-31-27-20-17-14-11-8-5-2/h9,12,14,17-18,22-23,29,35,38,46H,4-8,10-11,13,15-16,19-21,24-28,30-34,36-37,39-45H2,1-3H3/b12-9-,17-14-,23-22-,29-18-,38-35-. The van der Waals surface area contributed by atoms with Gasteiger partial charge in [-0.1, -0.05) is 178 Å². The number of hydrogen-bond acceptors (Lipinski definition) is 6. The third-order valence-corrected chi connectivity index (χ3v) is 9.51. The molecule has 0 fully saturated rings. The molecule has 6 heteroatoms. The number of allylic oxidation sites excluding steroid dienone is 9. The van der Waals surface area contributed by atoms with E-state index < -0.39 is 12.1 Å². The molecule has 0 aliphatic carbocycles. The molecule has 1 unspecified atom stereocenters. The van der Waals surface area contributed by atoms with Gasteiger partial charge in [0.15, 0.2) is 6.10 Å². The largest absolute Gasteiger partial charge is 0.462 e. The van der Waals surface area contributed by atoms with Crippen molar-refractivity contribution in [3.05, 3.63) is 60.8 Å². The van der Waals surface area contributed by atoms with Gasteiger partial charge in [0.2, 0.25) is 0 Å². The smallest absolute Gasteiger partial charge is 0.309 e. The van der Waals surface area contributed by atoms with Gasteiger partial charge in [-0.2, -0.15) is 0 Å². The van der Waals surface area contributed by atoms with Gasteiger partial charge >= 0.3 is 17.9 Å². The maximum Gasteiger partial charge on any atom is 0.309 e. The van der Waals surface area contributed by atoms with Crippen LogP contribution < -0.4 is 0 Å². The summed E-state index contributed by atoms with van der Waals surface area (Å²) in [5, 5.41) is 0. The van der Waals surface area contributed by atoms with E-state index in [4.69, 9.17) is 14.2 Å². The van der Waals surface area contributed by atoms with Gasteiger partial charge in [-0.15, -0.1) is 0 Å². The van der Waals surface area contributed by atoms with Gasteiger partial charge in [-0.3, -0.25) is 14.4 Å². The number of carbonyl (C=O) groups excluding carboxylic acids is 3. The van der Waals surface area contributed by atoms with Gasteiger partial charge in [-0.05, 0) is 77.0 Å². The third-order valence-electron chi connectivity index (χ3n) is 9.51. The Morgan fingerprint density at radius 3 is 1.31 bits per heavy atom. The average Bonchev–Trinajstić information content (AvgIpc) is 3.18. The van der Waals surface area contributed by atoms with Crippen LogP contribution in [0.4, 0.5) is 0 Å². The van der Waals surface area contributed by atoms with Crippen molar-refractivity contribution < 1.29 is 28.6 Å². The second kappa shape index (κ2) is 43.8. The molecule has 0 amide bonds. The highest BCUT2D eigenvalue weighted by Crippen LogP contribution is 2.13. The van der Waals surface area contributed by atoms with Crippen LogP contribution in [0.3, 0.4) is 0 Å². The normalized spacial score (nSPS) is 12.6. The molecule has 0 aliphatic heterocycles. The van der Waals surface area contributed by atoms with Crippen molar-refractivity contribution in [2.75, 3.05) is 13.2 Å². The fourth-order valence-corrected chi connectivity index (χ4v) is 6.07. The third kappa shape index (κ3) is 42.1. The molecule has 0 heterocycles. The van der Waals surface area contributed by atoms with Crippen molar-refractivity contribution in [1.29, 1.82) is 0 Å². The second-order valence-corrected chi connectivity index (χ2v) is 14.9. The predicted molar refractivity (Wildman–Crippen MR) is 233 cm³/mol. The van der Waals surface area contributed by atoms with Crippen LogP contribution >= 0.6 is 0 Å². The number of hydrogen-bond donors (Lipinski definition) is 0. The first-order chi connectivity index (χ1) is 27.0. The Bertz CT molecular complexity index is 1020. The summed E-state index contributed by atoms with van der Waals surface area (Å²) < 4.78 is 16.6. The maximum atomic E-state index is 12.7. The van der Waals surface area contributed by atoms with Crippen molar-refractivity contribution in [2.45, 2.75) is 219 Å². The van der Waals surface area contributed by atoms with E-state index in [1.54, 1.807) is 6.08 Å². The minimum absolute atomic E-state index is 0.107. The zero-order chi connectivity index (χ0) is 40.1. The first-order valence-corrected chi connectivity index (χ1v) is 22.8. The van der Waals surface area contributed by atoms with E-state index in [0.717, 1.165) is 70.6 Å². The van der Waals surface area contributed by atoms with E-state index in [-0.39, 0.29) is 31.6 Å². The number of esters is 3. The molecule has 0 bridgehead atoms. The molecule has 0 aromatic rings. The number of rotatable bonds is 40. The highest BCUT2D eigenvalue weighted by Gasteiger charge is 2.19. The molecular formula is C49H84O6. The van der Waals surface area contributed by atoms with E-state index in [9.17, 15) is 14.4 Å². The molecule has 6 nitrogen and oxygen atoms in total. The van der Waals surface area contributed by atoms with Crippen LogP contribution in [0.5, 0.6) is 0 Å². The van der Waals surface area contributed by atoms with E-state index in [2.05, 4.69) is 69.4 Å². The molecule has 0 aromatic carbocycles. The van der Waals surface area contributed by atoms with Crippen LogP contribution in [0, 0.1) is 0 Å². The van der Waals surface area contributed by atoms with Gasteiger partial charge in [0.1, 0.15) is 13.2 Å². The fraction of sp³-hybridized carbons (Fsp3) is 0.735. The molecule has 0 radical (unpaired) electrons. The lowest BCUT2D eigenvalue weighted by Crippen LogP contribution is -2.30. The molecule has 1 atom stereocenters. The Hall–Kier alpha value is -2.89. The van der Waals surface area contributed by atoms with Gasteiger partial charge in [0, 0.05) is 12.8 Å². The topological polar surface area (TPSA) is 78.9 Å². The van der Waals surface area contributed by atoms with Crippen molar-refractivity contribution in [3.63, 3.8) is 0 Å². The Morgan fingerprint density at radius 1 is 0.400 bits per heavy atom. The van der Waals surface area contributed by atoms with Gasteiger partial charge in [0.25, 0.3) is 0 Å². The quantitative estimate of drug-likeness (QED) is 0.0267. The summed E-state index contributed by atoms with van der Waals surface area (Å²) in [4.78, 5) is 37.6. The van der Waals surface area contributed by atoms with E-state index >= 15 is 0 Å². The Morgan fingerprint density at radius 2 is 0.800 bits per heavy atom. The van der Waals surface area contributed by atoms with Crippen molar-refractivity contribution >= 4 is 17.9 Å². The van der Waals surface area contributed by atoms with E-state index in [1.807, 2.05) is 6.08 Å². The fourth-order valence-electron chi connectivity index (χ4n) is 6.07. The van der Waals surface area contributed by atoms with Crippen LogP contribution in [-0.4, -0.2) is 37.2 Å². The zero-order valence-electron chi connectivity index (χ0n) is 35.9. The van der Waals surface area contributed by atoms with Crippen molar-refractivity contribution in [3.8, 4) is 0 Å². The molecule has 0 saturated heterocycles. The first-order valence-electron chi connectivity index (χ1n) is 22.8. The minimum atomic E-state index is -0.812. The van der Waals surface area contributed by atoms with Crippen molar-refractivity contribution in [2.24, 2.45) is 0 Å². The Balaban J connectivity index is 4.38. The number of carbonyl (C=O) groups is 3. The molecular weight excluding hydrogens is 685 g/mol. The molecule has 0 spiro atoms.